The number of nitrogens with two attached hydrogens (primary N) is 2. The molecule has 3 heterocycles. The van der Waals surface area contributed by atoms with Gasteiger partial charge in [-0.25, -0.2) is 9.97 Å². The first-order valence-electron chi connectivity index (χ1n) is 6.54. The normalized spacial score (nSPS) is 11.5. The highest BCUT2D eigenvalue weighted by Gasteiger charge is 2.12. The van der Waals surface area contributed by atoms with Crippen LogP contribution in [0.3, 0.4) is 0 Å². The van der Waals surface area contributed by atoms with E-state index in [4.69, 9.17) is 11.5 Å². The van der Waals surface area contributed by atoms with Crippen LogP contribution in [0.4, 0.5) is 5.82 Å². The molecule has 0 saturated heterocycles. The average molecular weight is 279 g/mol. The molecular weight excluding hydrogens is 266 g/mol. The molecule has 0 saturated carbocycles. The summed E-state index contributed by atoms with van der Waals surface area (Å²) in [6, 6.07) is 7.86. The molecule has 4 rings (SSSR count). The summed E-state index contributed by atoms with van der Waals surface area (Å²) in [6.45, 7) is 0.334. The first-order valence-corrected chi connectivity index (χ1v) is 6.54. The van der Waals surface area contributed by atoms with Crippen molar-refractivity contribution in [3.63, 3.8) is 0 Å². The van der Waals surface area contributed by atoms with Gasteiger partial charge in [0.05, 0.1) is 23.3 Å². The van der Waals surface area contributed by atoms with Crippen LogP contribution in [0.5, 0.6) is 0 Å². The number of imidazole rings is 1. The maximum atomic E-state index is 6.00. The van der Waals surface area contributed by atoms with Crippen molar-refractivity contribution in [3.05, 3.63) is 36.3 Å². The number of hydrogen-bond donors (Lipinski definition) is 4. The van der Waals surface area contributed by atoms with Gasteiger partial charge in [0.1, 0.15) is 11.3 Å². The van der Waals surface area contributed by atoms with Gasteiger partial charge in [-0.15, -0.1) is 0 Å². The average Bonchev–Trinajstić information content (AvgIpc) is 3.16. The Morgan fingerprint density at radius 3 is 2.81 bits per heavy atom. The van der Waals surface area contributed by atoms with Crippen LogP contribution in [0.1, 0.15) is 5.82 Å². The van der Waals surface area contributed by atoms with Crippen molar-refractivity contribution in [2.24, 2.45) is 5.73 Å². The SMILES string of the molecule is NCc1nc2c(N)nc3cc(-c4cc[nH]n4)ccc3c2[nH]1. The van der Waals surface area contributed by atoms with E-state index in [1.54, 1.807) is 6.20 Å². The van der Waals surface area contributed by atoms with Crippen LogP contribution in [0.15, 0.2) is 30.5 Å². The number of benzene rings is 1. The standard InChI is InChI=1S/C14H13N7/c15-6-11-19-12-8-2-1-7(9-3-4-17-21-9)5-10(8)18-14(16)13(12)20-11/h1-5H,6,15H2,(H2,16,18)(H,17,21)(H,19,20). The maximum absolute atomic E-state index is 6.00. The van der Waals surface area contributed by atoms with Gasteiger partial charge in [0.2, 0.25) is 0 Å². The van der Waals surface area contributed by atoms with Crippen LogP contribution in [0.25, 0.3) is 33.2 Å². The number of nitrogens with zero attached hydrogens (tertiary/aromatic N) is 3. The van der Waals surface area contributed by atoms with Gasteiger partial charge >= 0.3 is 0 Å². The first-order chi connectivity index (χ1) is 10.3. The zero-order valence-electron chi connectivity index (χ0n) is 11.1. The molecule has 0 radical (unpaired) electrons. The van der Waals surface area contributed by atoms with Crippen molar-refractivity contribution in [3.8, 4) is 11.3 Å². The summed E-state index contributed by atoms with van der Waals surface area (Å²) in [5.41, 5.74) is 15.8. The summed E-state index contributed by atoms with van der Waals surface area (Å²) in [5, 5.41) is 7.94. The smallest absolute Gasteiger partial charge is 0.152 e. The molecule has 104 valence electrons. The zero-order chi connectivity index (χ0) is 14.4. The van der Waals surface area contributed by atoms with E-state index in [2.05, 4.69) is 25.1 Å². The highest BCUT2D eigenvalue weighted by atomic mass is 15.1. The summed E-state index contributed by atoms with van der Waals surface area (Å²) >= 11 is 0. The van der Waals surface area contributed by atoms with Gasteiger partial charge in [0.25, 0.3) is 0 Å². The quantitative estimate of drug-likeness (QED) is 0.443. The predicted octanol–water partition coefficient (Wildman–Crippen LogP) is 1.54. The van der Waals surface area contributed by atoms with Crippen LogP contribution in [-0.4, -0.2) is 25.1 Å². The number of anilines is 1. The third kappa shape index (κ3) is 1.75. The first kappa shape index (κ1) is 11.9. The molecule has 21 heavy (non-hydrogen) atoms. The second-order valence-electron chi connectivity index (χ2n) is 4.80. The highest BCUT2D eigenvalue weighted by Crippen LogP contribution is 2.29. The molecule has 0 aliphatic heterocycles. The van der Waals surface area contributed by atoms with E-state index >= 15 is 0 Å². The van der Waals surface area contributed by atoms with Crippen molar-refractivity contribution in [1.29, 1.82) is 0 Å². The van der Waals surface area contributed by atoms with Crippen LogP contribution in [-0.2, 0) is 6.54 Å². The molecule has 0 aliphatic carbocycles. The predicted molar refractivity (Wildman–Crippen MR) is 81.3 cm³/mol. The van der Waals surface area contributed by atoms with Crippen molar-refractivity contribution in [2.45, 2.75) is 6.54 Å². The number of H-pyrrole nitrogens is 2. The van der Waals surface area contributed by atoms with E-state index in [0.29, 0.717) is 23.7 Å². The van der Waals surface area contributed by atoms with Gasteiger partial charge in [-0.2, -0.15) is 5.10 Å². The van der Waals surface area contributed by atoms with Crippen molar-refractivity contribution in [1.82, 2.24) is 25.1 Å². The lowest BCUT2D eigenvalue weighted by atomic mass is 10.1. The summed E-state index contributed by atoms with van der Waals surface area (Å²) in [7, 11) is 0. The van der Waals surface area contributed by atoms with Gasteiger partial charge in [-0.3, -0.25) is 5.10 Å². The molecule has 0 amide bonds. The molecule has 0 spiro atoms. The lowest BCUT2D eigenvalue weighted by Gasteiger charge is -2.03. The minimum atomic E-state index is 0.334. The summed E-state index contributed by atoms with van der Waals surface area (Å²) in [4.78, 5) is 12.0. The van der Waals surface area contributed by atoms with E-state index in [9.17, 15) is 0 Å². The van der Waals surface area contributed by atoms with E-state index < -0.39 is 0 Å². The van der Waals surface area contributed by atoms with E-state index in [1.807, 2.05) is 24.3 Å². The van der Waals surface area contributed by atoms with Crippen molar-refractivity contribution in [2.75, 3.05) is 5.73 Å². The van der Waals surface area contributed by atoms with Crippen molar-refractivity contribution < 1.29 is 0 Å². The van der Waals surface area contributed by atoms with E-state index in [1.165, 1.54) is 0 Å². The third-order valence-corrected chi connectivity index (χ3v) is 3.49. The number of rotatable bonds is 2. The lowest BCUT2D eigenvalue weighted by Crippen LogP contribution is -1.97. The van der Waals surface area contributed by atoms with E-state index in [0.717, 1.165) is 27.7 Å². The molecular formula is C14H13N7. The molecule has 7 heteroatoms. The Morgan fingerprint density at radius 1 is 1.14 bits per heavy atom. The van der Waals surface area contributed by atoms with Crippen molar-refractivity contribution >= 4 is 27.8 Å². The molecule has 0 unspecified atom stereocenters. The van der Waals surface area contributed by atoms with Crippen LogP contribution in [0.2, 0.25) is 0 Å². The Kier molecular flexibility index (Phi) is 2.42. The van der Waals surface area contributed by atoms with Crippen LogP contribution in [0, 0.1) is 0 Å². The van der Waals surface area contributed by atoms with Gasteiger partial charge in [0.15, 0.2) is 5.82 Å². The minimum absolute atomic E-state index is 0.334. The topological polar surface area (TPSA) is 122 Å². The molecule has 0 aliphatic rings. The molecule has 7 nitrogen and oxygen atoms in total. The number of pyridine rings is 1. The number of aromatic amines is 2. The number of fused-ring (bicyclic) bond motifs is 3. The Bertz CT molecular complexity index is 937. The van der Waals surface area contributed by atoms with Gasteiger partial charge in [-0.05, 0) is 18.2 Å². The second-order valence-corrected chi connectivity index (χ2v) is 4.80. The van der Waals surface area contributed by atoms with Crippen LogP contribution < -0.4 is 11.5 Å². The summed E-state index contributed by atoms with van der Waals surface area (Å²) < 4.78 is 0. The summed E-state index contributed by atoms with van der Waals surface area (Å²) in [6.07, 6.45) is 1.78. The molecule has 3 aromatic heterocycles. The van der Waals surface area contributed by atoms with E-state index in [-0.39, 0.29) is 0 Å². The largest absolute Gasteiger partial charge is 0.382 e. The van der Waals surface area contributed by atoms with Crippen LogP contribution >= 0.6 is 0 Å². The molecule has 0 fully saturated rings. The number of nitrogens with one attached hydrogen (secondary N) is 2. The van der Waals surface area contributed by atoms with Gasteiger partial charge in [-0.1, -0.05) is 6.07 Å². The fourth-order valence-corrected chi connectivity index (χ4v) is 2.50. The minimum Gasteiger partial charge on any atom is -0.382 e. The molecule has 4 aromatic rings. The zero-order valence-corrected chi connectivity index (χ0v) is 11.1. The Labute approximate surface area is 119 Å². The molecule has 0 bridgehead atoms. The van der Waals surface area contributed by atoms with Gasteiger partial charge < -0.3 is 16.5 Å². The fourth-order valence-electron chi connectivity index (χ4n) is 2.50. The lowest BCUT2D eigenvalue weighted by molar-refractivity contribution is 0.959. The third-order valence-electron chi connectivity index (χ3n) is 3.49. The summed E-state index contributed by atoms with van der Waals surface area (Å²) in [5.74, 6) is 1.09. The Hall–Kier alpha value is -2.93. The molecule has 1 aromatic carbocycles. The number of nitrogen functional groups attached to an aromatic ring is 1. The Morgan fingerprint density at radius 2 is 2.05 bits per heavy atom. The molecule has 0 atom stereocenters. The number of hydrogen-bond acceptors (Lipinski definition) is 5. The number of aromatic nitrogens is 5. The maximum Gasteiger partial charge on any atom is 0.152 e. The van der Waals surface area contributed by atoms with Gasteiger partial charge in [0, 0.05) is 17.1 Å². The monoisotopic (exact) mass is 279 g/mol. The fraction of sp³-hybridized carbons (Fsp3) is 0.0714. The molecule has 6 N–H and O–H groups in total. The highest BCUT2D eigenvalue weighted by molar-refractivity contribution is 6.06. The second kappa shape index (κ2) is 4.29. The Balaban J connectivity index is 2.02.